The molecule has 0 aliphatic heterocycles. The maximum Gasteiger partial charge on any atom is 0.273 e. The van der Waals surface area contributed by atoms with Crippen LogP contribution in [0.3, 0.4) is 0 Å². The number of ether oxygens (including phenoxy) is 2. The summed E-state index contributed by atoms with van der Waals surface area (Å²) in [6.45, 7) is 6.12. The third-order valence-electron chi connectivity index (χ3n) is 4.51. The van der Waals surface area contributed by atoms with E-state index >= 15 is 0 Å². The number of aromatic nitrogens is 3. The molecule has 0 radical (unpaired) electrons. The molecule has 1 unspecified atom stereocenters. The van der Waals surface area contributed by atoms with Gasteiger partial charge < -0.3 is 9.47 Å². The SMILES string of the molecule is COCC(C)n1c(=O)c(C)nc2c(-c3ccc(OC)cc3C)ccnc21. The molecule has 3 rings (SSSR count). The highest BCUT2D eigenvalue weighted by molar-refractivity contribution is 5.90. The number of aryl methyl sites for hydroxylation is 2. The first kappa shape index (κ1) is 18.1. The number of nitrogens with zero attached hydrogens (tertiary/aromatic N) is 3. The quantitative estimate of drug-likeness (QED) is 0.704. The molecule has 0 N–H and O–H groups in total. The van der Waals surface area contributed by atoms with Crippen LogP contribution >= 0.6 is 0 Å². The Kier molecular flexibility index (Phi) is 5.04. The second-order valence-electron chi connectivity index (χ2n) is 6.39. The molecule has 6 heteroatoms. The van der Waals surface area contributed by atoms with Crippen LogP contribution in [0.4, 0.5) is 0 Å². The molecule has 26 heavy (non-hydrogen) atoms. The largest absolute Gasteiger partial charge is 0.497 e. The van der Waals surface area contributed by atoms with Gasteiger partial charge in [-0.2, -0.15) is 0 Å². The van der Waals surface area contributed by atoms with Crippen molar-refractivity contribution in [2.45, 2.75) is 26.8 Å². The predicted molar refractivity (Wildman–Crippen MR) is 102 cm³/mol. The highest BCUT2D eigenvalue weighted by Crippen LogP contribution is 2.31. The summed E-state index contributed by atoms with van der Waals surface area (Å²) < 4.78 is 12.2. The molecule has 0 bridgehead atoms. The fraction of sp³-hybridized carbons (Fsp3) is 0.350. The van der Waals surface area contributed by atoms with E-state index in [1.807, 2.05) is 38.1 Å². The summed E-state index contributed by atoms with van der Waals surface area (Å²) in [5.74, 6) is 0.805. The zero-order valence-corrected chi connectivity index (χ0v) is 15.7. The fourth-order valence-corrected chi connectivity index (χ4v) is 3.22. The van der Waals surface area contributed by atoms with Gasteiger partial charge in [-0.3, -0.25) is 9.36 Å². The summed E-state index contributed by atoms with van der Waals surface area (Å²) in [5.41, 5.74) is 4.63. The van der Waals surface area contributed by atoms with Crippen molar-refractivity contribution >= 4 is 11.2 Å². The zero-order chi connectivity index (χ0) is 18.8. The van der Waals surface area contributed by atoms with Crippen molar-refractivity contribution in [1.29, 1.82) is 0 Å². The van der Waals surface area contributed by atoms with E-state index in [0.29, 0.717) is 23.5 Å². The first-order chi connectivity index (χ1) is 12.5. The second kappa shape index (κ2) is 7.25. The minimum Gasteiger partial charge on any atom is -0.497 e. The van der Waals surface area contributed by atoms with Crippen LogP contribution in [0, 0.1) is 13.8 Å². The Morgan fingerprint density at radius 1 is 1.15 bits per heavy atom. The molecular weight excluding hydrogens is 330 g/mol. The van der Waals surface area contributed by atoms with Gasteiger partial charge in [-0.05, 0) is 50.1 Å². The van der Waals surface area contributed by atoms with Gasteiger partial charge in [0.2, 0.25) is 0 Å². The molecule has 0 amide bonds. The van der Waals surface area contributed by atoms with Gasteiger partial charge in [-0.25, -0.2) is 9.97 Å². The smallest absolute Gasteiger partial charge is 0.273 e. The third-order valence-corrected chi connectivity index (χ3v) is 4.51. The van der Waals surface area contributed by atoms with Crippen molar-refractivity contribution in [1.82, 2.24) is 14.5 Å². The Labute approximate surface area is 152 Å². The van der Waals surface area contributed by atoms with Gasteiger partial charge >= 0.3 is 0 Å². The first-order valence-electron chi connectivity index (χ1n) is 8.49. The van der Waals surface area contributed by atoms with Crippen LogP contribution in [0.1, 0.15) is 24.2 Å². The lowest BCUT2D eigenvalue weighted by molar-refractivity contribution is 0.162. The van der Waals surface area contributed by atoms with Gasteiger partial charge in [-0.1, -0.05) is 6.07 Å². The van der Waals surface area contributed by atoms with Crippen molar-refractivity contribution in [3.05, 3.63) is 52.1 Å². The van der Waals surface area contributed by atoms with Gasteiger partial charge in [0.05, 0.1) is 19.8 Å². The number of benzene rings is 1. The summed E-state index contributed by atoms with van der Waals surface area (Å²) in [4.78, 5) is 21.7. The number of hydrogen-bond acceptors (Lipinski definition) is 5. The van der Waals surface area contributed by atoms with Crippen molar-refractivity contribution in [2.24, 2.45) is 0 Å². The molecule has 3 aromatic rings. The average Bonchev–Trinajstić information content (AvgIpc) is 2.62. The highest BCUT2D eigenvalue weighted by Gasteiger charge is 2.18. The predicted octanol–water partition coefficient (Wildman–Crippen LogP) is 3.29. The van der Waals surface area contributed by atoms with Gasteiger partial charge in [0, 0.05) is 18.9 Å². The highest BCUT2D eigenvalue weighted by atomic mass is 16.5. The minimum absolute atomic E-state index is 0.141. The lowest BCUT2D eigenvalue weighted by atomic mass is 10.00. The zero-order valence-electron chi connectivity index (χ0n) is 15.7. The summed E-state index contributed by atoms with van der Waals surface area (Å²) >= 11 is 0. The average molecular weight is 353 g/mol. The van der Waals surface area contributed by atoms with E-state index in [9.17, 15) is 4.79 Å². The third kappa shape index (κ3) is 3.08. The van der Waals surface area contributed by atoms with Crippen LogP contribution in [0.5, 0.6) is 5.75 Å². The Balaban J connectivity index is 2.31. The molecule has 6 nitrogen and oxygen atoms in total. The van der Waals surface area contributed by atoms with Crippen LogP contribution in [-0.2, 0) is 4.74 Å². The molecular formula is C20H23N3O3. The molecule has 0 aliphatic carbocycles. The minimum atomic E-state index is -0.142. The Bertz CT molecular complexity index is 1010. The maximum atomic E-state index is 12.7. The van der Waals surface area contributed by atoms with Crippen LogP contribution in [-0.4, -0.2) is 35.4 Å². The Morgan fingerprint density at radius 2 is 1.92 bits per heavy atom. The van der Waals surface area contributed by atoms with E-state index in [1.54, 1.807) is 31.9 Å². The number of fused-ring (bicyclic) bond motifs is 1. The van der Waals surface area contributed by atoms with Crippen molar-refractivity contribution in [2.75, 3.05) is 20.8 Å². The molecule has 1 atom stereocenters. The van der Waals surface area contributed by atoms with Crippen LogP contribution in [0.15, 0.2) is 35.3 Å². The maximum absolute atomic E-state index is 12.7. The van der Waals surface area contributed by atoms with Gasteiger partial charge in [0.1, 0.15) is 17.0 Å². The monoisotopic (exact) mass is 353 g/mol. The lowest BCUT2D eigenvalue weighted by Crippen LogP contribution is -2.29. The molecule has 0 saturated carbocycles. The molecule has 2 aromatic heterocycles. The normalized spacial score (nSPS) is 12.3. The molecule has 136 valence electrons. The van der Waals surface area contributed by atoms with Gasteiger partial charge in [0.15, 0.2) is 5.65 Å². The molecule has 0 aliphatic rings. The van der Waals surface area contributed by atoms with E-state index < -0.39 is 0 Å². The molecule has 0 saturated heterocycles. The summed E-state index contributed by atoms with van der Waals surface area (Å²) in [5, 5.41) is 0. The van der Waals surface area contributed by atoms with Crippen molar-refractivity contribution < 1.29 is 9.47 Å². The summed E-state index contributed by atoms with van der Waals surface area (Å²) in [7, 11) is 3.27. The lowest BCUT2D eigenvalue weighted by Gasteiger charge is -2.18. The van der Waals surface area contributed by atoms with E-state index in [2.05, 4.69) is 9.97 Å². The fourth-order valence-electron chi connectivity index (χ4n) is 3.22. The summed E-state index contributed by atoms with van der Waals surface area (Å²) in [6, 6.07) is 7.70. The van der Waals surface area contributed by atoms with E-state index in [1.165, 1.54) is 0 Å². The van der Waals surface area contributed by atoms with Crippen LogP contribution < -0.4 is 10.3 Å². The van der Waals surface area contributed by atoms with Gasteiger partial charge in [-0.15, -0.1) is 0 Å². The first-order valence-corrected chi connectivity index (χ1v) is 8.49. The van der Waals surface area contributed by atoms with E-state index in [0.717, 1.165) is 22.4 Å². The van der Waals surface area contributed by atoms with Crippen molar-refractivity contribution in [3.8, 4) is 16.9 Å². The number of pyridine rings is 1. The Hall–Kier alpha value is -2.73. The number of methoxy groups -OCH3 is 2. The number of hydrogen-bond donors (Lipinski definition) is 0. The van der Waals surface area contributed by atoms with E-state index in [4.69, 9.17) is 9.47 Å². The molecule has 0 spiro atoms. The second-order valence-corrected chi connectivity index (χ2v) is 6.39. The van der Waals surface area contributed by atoms with Crippen LogP contribution in [0.25, 0.3) is 22.3 Å². The summed E-state index contributed by atoms with van der Waals surface area (Å²) in [6.07, 6.45) is 1.72. The van der Waals surface area contributed by atoms with Gasteiger partial charge in [0.25, 0.3) is 5.56 Å². The molecule has 1 aromatic carbocycles. The number of rotatable bonds is 5. The standard InChI is InChI=1S/C20H23N3O3/c1-12-10-15(26-5)6-7-16(12)17-8-9-21-19-18(17)22-14(3)20(24)23(19)13(2)11-25-4/h6-10,13H,11H2,1-5H3. The molecule has 0 fully saturated rings. The Morgan fingerprint density at radius 3 is 2.58 bits per heavy atom. The topological polar surface area (TPSA) is 66.2 Å². The van der Waals surface area contributed by atoms with E-state index in [-0.39, 0.29) is 11.6 Å². The molecule has 2 heterocycles. The van der Waals surface area contributed by atoms with Crippen LogP contribution in [0.2, 0.25) is 0 Å². The van der Waals surface area contributed by atoms with Crippen molar-refractivity contribution in [3.63, 3.8) is 0 Å².